The van der Waals surface area contributed by atoms with Crippen molar-refractivity contribution in [1.82, 2.24) is 14.9 Å². The number of ether oxygens (including phenoxy) is 1. The number of aromatic nitrogens is 2. The van der Waals surface area contributed by atoms with Crippen molar-refractivity contribution in [2.75, 3.05) is 44.4 Å². The topological polar surface area (TPSA) is 67.3 Å². The highest BCUT2D eigenvalue weighted by Gasteiger charge is 2.35. The highest BCUT2D eigenvalue weighted by molar-refractivity contribution is 7.98. The van der Waals surface area contributed by atoms with Gasteiger partial charge in [-0.3, -0.25) is 4.79 Å². The van der Waals surface area contributed by atoms with Crippen LogP contribution in [0.15, 0.2) is 11.4 Å². The van der Waals surface area contributed by atoms with Crippen molar-refractivity contribution in [3.63, 3.8) is 0 Å². The zero-order valence-corrected chi connectivity index (χ0v) is 14.0. The number of halogens is 3. The summed E-state index contributed by atoms with van der Waals surface area (Å²) < 4.78 is 44.1. The SMILES string of the molecule is CSc1ncc(C(F)(F)F)c(NCCCN2CCCOCC2=O)n1. The third-order valence-corrected chi connectivity index (χ3v) is 4.01. The summed E-state index contributed by atoms with van der Waals surface area (Å²) in [6.45, 7) is 1.97. The van der Waals surface area contributed by atoms with E-state index in [1.54, 1.807) is 11.2 Å². The smallest absolute Gasteiger partial charge is 0.372 e. The molecule has 1 aromatic heterocycles. The average Bonchev–Trinajstić information content (AvgIpc) is 2.75. The minimum Gasteiger partial charge on any atom is -0.372 e. The van der Waals surface area contributed by atoms with Crippen LogP contribution >= 0.6 is 11.8 Å². The van der Waals surface area contributed by atoms with Crippen molar-refractivity contribution in [2.24, 2.45) is 0 Å². The summed E-state index contributed by atoms with van der Waals surface area (Å²) in [7, 11) is 0. The van der Waals surface area contributed by atoms with E-state index in [-0.39, 0.29) is 30.0 Å². The Balaban J connectivity index is 1.92. The molecule has 2 rings (SSSR count). The number of nitrogens with zero attached hydrogens (tertiary/aromatic N) is 3. The van der Waals surface area contributed by atoms with Crippen molar-refractivity contribution in [2.45, 2.75) is 24.2 Å². The van der Waals surface area contributed by atoms with Crippen LogP contribution in [0.25, 0.3) is 0 Å². The number of alkyl halides is 3. The van der Waals surface area contributed by atoms with Crippen LogP contribution in [-0.2, 0) is 15.7 Å². The number of carbonyl (C=O) groups is 1. The Morgan fingerprint density at radius 3 is 2.96 bits per heavy atom. The molecule has 0 spiro atoms. The van der Waals surface area contributed by atoms with Crippen LogP contribution in [0.3, 0.4) is 0 Å². The van der Waals surface area contributed by atoms with E-state index in [4.69, 9.17) is 4.74 Å². The molecule has 1 aliphatic heterocycles. The molecule has 1 N–H and O–H groups in total. The maximum atomic E-state index is 13.0. The van der Waals surface area contributed by atoms with Gasteiger partial charge < -0.3 is 15.0 Å². The van der Waals surface area contributed by atoms with Crippen LogP contribution in [0, 0.1) is 0 Å². The fraction of sp³-hybridized carbons (Fsp3) is 0.643. The van der Waals surface area contributed by atoms with E-state index < -0.39 is 11.7 Å². The van der Waals surface area contributed by atoms with Gasteiger partial charge in [0.1, 0.15) is 18.0 Å². The lowest BCUT2D eigenvalue weighted by Crippen LogP contribution is -2.34. The molecule has 0 radical (unpaired) electrons. The Bertz CT molecular complexity index is 571. The molecule has 0 unspecified atom stereocenters. The molecule has 0 aliphatic carbocycles. The summed E-state index contributed by atoms with van der Waals surface area (Å²) in [5.74, 6) is -0.317. The lowest BCUT2D eigenvalue weighted by Gasteiger charge is -2.20. The molecule has 1 fully saturated rings. The van der Waals surface area contributed by atoms with Gasteiger partial charge >= 0.3 is 6.18 Å². The summed E-state index contributed by atoms with van der Waals surface area (Å²) in [4.78, 5) is 21.0. The van der Waals surface area contributed by atoms with E-state index >= 15 is 0 Å². The molecule has 0 saturated carbocycles. The molecule has 1 amide bonds. The molecule has 134 valence electrons. The Hall–Kier alpha value is -1.55. The van der Waals surface area contributed by atoms with Gasteiger partial charge in [-0.25, -0.2) is 9.97 Å². The van der Waals surface area contributed by atoms with Crippen LogP contribution in [0.5, 0.6) is 0 Å². The van der Waals surface area contributed by atoms with Gasteiger partial charge in [0.15, 0.2) is 5.16 Å². The molecular weight excluding hydrogens is 345 g/mol. The molecule has 0 bridgehead atoms. The second-order valence-corrected chi connectivity index (χ2v) is 5.96. The Labute approximate surface area is 142 Å². The van der Waals surface area contributed by atoms with Crippen LogP contribution in [-0.4, -0.2) is 59.9 Å². The molecule has 1 aromatic rings. The lowest BCUT2D eigenvalue weighted by atomic mass is 10.3. The van der Waals surface area contributed by atoms with Crippen molar-refractivity contribution in [1.29, 1.82) is 0 Å². The van der Waals surface area contributed by atoms with Crippen LogP contribution < -0.4 is 5.32 Å². The van der Waals surface area contributed by atoms with Crippen LogP contribution in [0.2, 0.25) is 0 Å². The van der Waals surface area contributed by atoms with E-state index in [0.29, 0.717) is 26.1 Å². The standard InChI is InChI=1S/C14H19F3N4O2S/c1-24-13-19-8-10(14(15,16)17)12(20-13)18-4-2-5-21-6-3-7-23-9-11(21)22/h8H,2-7,9H2,1H3,(H,18,19,20). The summed E-state index contributed by atoms with van der Waals surface area (Å²) in [5.41, 5.74) is -0.889. The first-order valence-electron chi connectivity index (χ1n) is 7.49. The molecule has 0 aromatic carbocycles. The Kier molecular flexibility index (Phi) is 6.67. The van der Waals surface area contributed by atoms with Crippen molar-refractivity contribution >= 4 is 23.5 Å². The van der Waals surface area contributed by atoms with Crippen LogP contribution in [0.1, 0.15) is 18.4 Å². The van der Waals surface area contributed by atoms with Crippen molar-refractivity contribution in [3.8, 4) is 0 Å². The normalized spacial score (nSPS) is 16.2. The second-order valence-electron chi connectivity index (χ2n) is 5.18. The van der Waals surface area contributed by atoms with Gasteiger partial charge in [-0.1, -0.05) is 11.8 Å². The average molecular weight is 364 g/mol. The third-order valence-electron chi connectivity index (χ3n) is 3.45. The molecule has 6 nitrogen and oxygen atoms in total. The minimum absolute atomic E-state index is 0.0641. The monoisotopic (exact) mass is 364 g/mol. The number of hydrogen-bond donors (Lipinski definition) is 1. The number of thioether (sulfide) groups is 1. The maximum Gasteiger partial charge on any atom is 0.421 e. The second kappa shape index (κ2) is 8.52. The van der Waals surface area contributed by atoms with Gasteiger partial charge in [0.05, 0.1) is 0 Å². The maximum absolute atomic E-state index is 13.0. The summed E-state index contributed by atoms with van der Waals surface area (Å²) in [6, 6.07) is 0. The summed E-state index contributed by atoms with van der Waals surface area (Å²) in [5, 5.41) is 2.98. The van der Waals surface area contributed by atoms with Crippen LogP contribution in [0.4, 0.5) is 19.0 Å². The number of rotatable bonds is 6. The first-order valence-corrected chi connectivity index (χ1v) is 8.72. The number of anilines is 1. The van der Waals surface area contributed by atoms with Crippen molar-refractivity contribution in [3.05, 3.63) is 11.8 Å². The number of nitrogens with one attached hydrogen (secondary N) is 1. The Morgan fingerprint density at radius 1 is 1.46 bits per heavy atom. The minimum atomic E-state index is -4.52. The first-order chi connectivity index (χ1) is 11.4. The largest absolute Gasteiger partial charge is 0.421 e. The van der Waals surface area contributed by atoms with Gasteiger partial charge in [-0.05, 0) is 19.1 Å². The molecule has 10 heteroatoms. The van der Waals surface area contributed by atoms with E-state index in [1.165, 1.54) is 11.8 Å². The quantitative estimate of drug-likeness (QED) is 0.475. The fourth-order valence-corrected chi connectivity index (χ4v) is 2.59. The summed E-state index contributed by atoms with van der Waals surface area (Å²) in [6.07, 6.45) is -0.754. The molecule has 1 saturated heterocycles. The van der Waals surface area contributed by atoms with Gasteiger partial charge in [0.2, 0.25) is 5.91 Å². The fourth-order valence-electron chi connectivity index (χ4n) is 2.25. The van der Waals surface area contributed by atoms with Gasteiger partial charge in [-0.15, -0.1) is 0 Å². The predicted molar refractivity (Wildman–Crippen MR) is 83.9 cm³/mol. The van der Waals surface area contributed by atoms with Gasteiger partial charge in [-0.2, -0.15) is 13.2 Å². The van der Waals surface area contributed by atoms with Gasteiger partial charge in [0.25, 0.3) is 0 Å². The molecule has 1 aliphatic rings. The summed E-state index contributed by atoms with van der Waals surface area (Å²) >= 11 is 1.17. The first kappa shape index (κ1) is 18.8. The highest BCUT2D eigenvalue weighted by Crippen LogP contribution is 2.33. The van der Waals surface area contributed by atoms with Crippen molar-refractivity contribution < 1.29 is 22.7 Å². The molecule has 2 heterocycles. The lowest BCUT2D eigenvalue weighted by molar-refractivity contribution is -0.137. The zero-order chi connectivity index (χ0) is 17.6. The van der Waals surface area contributed by atoms with E-state index in [9.17, 15) is 18.0 Å². The van der Waals surface area contributed by atoms with E-state index in [2.05, 4.69) is 15.3 Å². The number of hydrogen-bond acceptors (Lipinski definition) is 6. The zero-order valence-electron chi connectivity index (χ0n) is 13.2. The predicted octanol–water partition coefficient (Wildman–Crippen LogP) is 2.27. The number of carbonyl (C=O) groups excluding carboxylic acids is 1. The van der Waals surface area contributed by atoms with Gasteiger partial charge in [0, 0.05) is 32.4 Å². The van der Waals surface area contributed by atoms with E-state index in [0.717, 1.165) is 12.6 Å². The Morgan fingerprint density at radius 2 is 2.25 bits per heavy atom. The third kappa shape index (κ3) is 5.23. The highest BCUT2D eigenvalue weighted by atomic mass is 32.2. The molecule has 24 heavy (non-hydrogen) atoms. The molecular formula is C14H19F3N4O2S. The molecule has 0 atom stereocenters. The van der Waals surface area contributed by atoms with E-state index in [1.807, 2.05) is 0 Å². The number of amides is 1.